The van der Waals surface area contributed by atoms with E-state index in [0.717, 1.165) is 12.8 Å². The van der Waals surface area contributed by atoms with E-state index in [9.17, 15) is 0 Å². The minimum absolute atomic E-state index is 0. The zero-order valence-electron chi connectivity index (χ0n) is 23.4. The van der Waals surface area contributed by atoms with E-state index in [0.29, 0.717) is 9.52 Å². The van der Waals surface area contributed by atoms with Crippen LogP contribution in [0.1, 0.15) is 50.7 Å². The molecular weight excluding hydrogens is 623 g/mol. The van der Waals surface area contributed by atoms with Crippen molar-refractivity contribution in [2.24, 2.45) is 0 Å². The van der Waals surface area contributed by atoms with Gasteiger partial charge in [-0.15, -0.1) is 0 Å². The molecule has 0 N–H and O–H groups in total. The van der Waals surface area contributed by atoms with Crippen molar-refractivity contribution in [1.82, 2.24) is 0 Å². The van der Waals surface area contributed by atoms with E-state index < -0.39 is 23.2 Å². The van der Waals surface area contributed by atoms with Crippen LogP contribution in [0.4, 0.5) is 0 Å². The molecular formula is C36H36Cl2SiZr. The molecule has 0 nitrogen and oxygen atoms in total. The first-order chi connectivity index (χ1) is 18.7. The summed E-state index contributed by atoms with van der Waals surface area (Å²) >= 11 is -0.794. The van der Waals surface area contributed by atoms with Crippen LogP contribution < -0.4 is 24.8 Å². The van der Waals surface area contributed by atoms with Gasteiger partial charge in [0, 0.05) is 9.52 Å². The molecule has 1 heterocycles. The Morgan fingerprint density at radius 2 is 0.975 bits per heavy atom. The third-order valence-corrected chi connectivity index (χ3v) is 14.6. The molecule has 7 rings (SSSR count). The number of fused-ring (bicyclic) bond motifs is 2. The Hall–Kier alpha value is -1.96. The molecule has 1 aliphatic heterocycles. The molecule has 2 aliphatic carbocycles. The largest absolute Gasteiger partial charge is 1.00 e. The van der Waals surface area contributed by atoms with Crippen LogP contribution in [0.2, 0.25) is 12.1 Å². The van der Waals surface area contributed by atoms with Crippen molar-refractivity contribution >= 4 is 42.2 Å². The fourth-order valence-corrected chi connectivity index (χ4v) is 11.5. The molecule has 4 aromatic rings. The van der Waals surface area contributed by atoms with Gasteiger partial charge in [0.05, 0.1) is 0 Å². The quantitative estimate of drug-likeness (QED) is 0.294. The molecule has 0 saturated carbocycles. The number of rotatable bonds is 4. The van der Waals surface area contributed by atoms with Crippen LogP contribution in [0.3, 0.4) is 0 Å². The summed E-state index contributed by atoms with van der Waals surface area (Å²) in [5, 5.41) is 5.42. The number of allylic oxidation sites excluding steroid dienone is 8. The first-order valence-corrected chi connectivity index (χ1v) is 18.7. The summed E-state index contributed by atoms with van der Waals surface area (Å²) in [6, 6.07) is 34.3. The zero-order chi connectivity index (χ0) is 25.9. The number of hydrogen-bond donors (Lipinski definition) is 0. The Balaban J connectivity index is 0.000000479. The topological polar surface area (TPSA) is 0 Å². The summed E-state index contributed by atoms with van der Waals surface area (Å²) < 4.78 is 3.48. The third kappa shape index (κ3) is 6.74. The molecule has 0 spiro atoms. The monoisotopic (exact) mass is 656 g/mol. The average molecular weight is 659 g/mol. The zero-order valence-corrected chi connectivity index (χ0v) is 28.8. The molecule has 1 fully saturated rings. The Bertz CT molecular complexity index is 1500. The second-order valence-corrected chi connectivity index (χ2v) is 16.7. The maximum atomic E-state index is 2.46. The molecule has 0 radical (unpaired) electrons. The van der Waals surface area contributed by atoms with E-state index in [1.165, 1.54) is 55.0 Å². The van der Waals surface area contributed by atoms with E-state index >= 15 is 0 Å². The molecule has 4 aromatic carbocycles. The summed E-state index contributed by atoms with van der Waals surface area (Å²) in [7, 11) is 0.543. The Labute approximate surface area is 265 Å². The number of halogens is 2. The Morgan fingerprint density at radius 3 is 1.40 bits per heavy atom. The van der Waals surface area contributed by atoms with Crippen LogP contribution in [0.15, 0.2) is 115 Å². The SMILES string of the molecule is C1CC[SiH2]C1.CC1=[C]([Zr+2][C]2=C(C)C=C(c3cccc4ccccc34)C2)CC(c2cccc3ccccc23)=C1.[Cl-].[Cl-]. The summed E-state index contributed by atoms with van der Waals surface area (Å²) in [6.45, 7) is 4.66. The second-order valence-electron chi connectivity index (χ2n) is 11.0. The van der Waals surface area contributed by atoms with Gasteiger partial charge in [0.2, 0.25) is 0 Å². The van der Waals surface area contributed by atoms with Gasteiger partial charge < -0.3 is 24.8 Å². The molecule has 1 saturated heterocycles. The fraction of sp³-hybridized carbons (Fsp3) is 0.222. The van der Waals surface area contributed by atoms with Crippen molar-refractivity contribution in [2.75, 3.05) is 0 Å². The fourth-order valence-electron chi connectivity index (χ4n) is 6.17. The van der Waals surface area contributed by atoms with Crippen LogP contribution in [-0.2, 0) is 23.2 Å². The smallest absolute Gasteiger partial charge is 1.00 e. The molecule has 3 aliphatic rings. The number of benzene rings is 4. The normalized spacial score (nSPS) is 16.1. The number of hydrogen-bond acceptors (Lipinski definition) is 0. The second kappa shape index (κ2) is 14.3. The molecule has 40 heavy (non-hydrogen) atoms. The van der Waals surface area contributed by atoms with Gasteiger partial charge in [-0.3, -0.25) is 0 Å². The summed E-state index contributed by atoms with van der Waals surface area (Å²) in [6.07, 6.45) is 10.3. The standard InChI is InChI=1S/2C16H13.C4H10Si.2ClH.Zr/c2*1-12-9-10-14(11-12)16-8-4-6-13-5-2-3-7-15(13)16;1-2-4-5-3-1;;;/h2*2-8,11H,10H2,1H3;1-5H2;2*1H;/q;;;;;+2/p-2. The van der Waals surface area contributed by atoms with Gasteiger partial charge in [0.25, 0.3) is 0 Å². The maximum absolute atomic E-state index is 2.46. The summed E-state index contributed by atoms with van der Waals surface area (Å²) in [4.78, 5) is 0. The molecule has 0 amide bonds. The van der Waals surface area contributed by atoms with Crippen LogP contribution in [0, 0.1) is 0 Å². The van der Waals surface area contributed by atoms with E-state index in [1.54, 1.807) is 31.5 Å². The third-order valence-electron chi connectivity index (χ3n) is 8.29. The van der Waals surface area contributed by atoms with Crippen molar-refractivity contribution in [3.05, 3.63) is 126 Å². The van der Waals surface area contributed by atoms with E-state index in [1.807, 2.05) is 0 Å². The van der Waals surface area contributed by atoms with Gasteiger partial charge in [0.1, 0.15) is 0 Å². The predicted molar refractivity (Wildman–Crippen MR) is 166 cm³/mol. The average Bonchev–Trinajstić information content (AvgIpc) is 3.72. The maximum Gasteiger partial charge on any atom is -1.00 e. The van der Waals surface area contributed by atoms with E-state index in [2.05, 4.69) is 111 Å². The van der Waals surface area contributed by atoms with Crippen molar-refractivity contribution in [3.63, 3.8) is 0 Å². The molecule has 0 aromatic heterocycles. The Morgan fingerprint density at radius 1 is 0.550 bits per heavy atom. The van der Waals surface area contributed by atoms with Crippen LogP contribution >= 0.6 is 0 Å². The molecule has 202 valence electrons. The van der Waals surface area contributed by atoms with E-state index in [-0.39, 0.29) is 24.8 Å². The van der Waals surface area contributed by atoms with Crippen LogP contribution in [0.25, 0.3) is 32.7 Å². The minimum atomic E-state index is -0.794. The predicted octanol–water partition coefficient (Wildman–Crippen LogP) is 3.69. The van der Waals surface area contributed by atoms with Gasteiger partial charge in [-0.2, -0.15) is 0 Å². The van der Waals surface area contributed by atoms with Crippen molar-refractivity contribution < 1.29 is 48.0 Å². The first kappa shape index (κ1) is 31.0. The van der Waals surface area contributed by atoms with Crippen LogP contribution in [-0.4, -0.2) is 9.52 Å². The van der Waals surface area contributed by atoms with Gasteiger partial charge >= 0.3 is 209 Å². The van der Waals surface area contributed by atoms with Gasteiger partial charge in [-0.05, 0) is 0 Å². The van der Waals surface area contributed by atoms with E-state index in [4.69, 9.17) is 0 Å². The van der Waals surface area contributed by atoms with Crippen molar-refractivity contribution in [2.45, 2.75) is 51.6 Å². The molecule has 0 unspecified atom stereocenters. The molecule has 0 bridgehead atoms. The summed E-state index contributed by atoms with van der Waals surface area (Å²) in [5.74, 6) is 0. The Kier molecular flexibility index (Phi) is 11.1. The summed E-state index contributed by atoms with van der Waals surface area (Å²) in [5.41, 5.74) is 8.85. The van der Waals surface area contributed by atoms with Gasteiger partial charge in [-0.25, -0.2) is 0 Å². The first-order valence-electron chi connectivity index (χ1n) is 14.2. The van der Waals surface area contributed by atoms with Gasteiger partial charge in [0.15, 0.2) is 0 Å². The van der Waals surface area contributed by atoms with Crippen molar-refractivity contribution in [1.29, 1.82) is 0 Å². The molecule has 0 atom stereocenters. The minimum Gasteiger partial charge on any atom is -1.00 e. The molecule has 4 heteroatoms. The van der Waals surface area contributed by atoms with Crippen LogP contribution in [0.5, 0.6) is 0 Å². The van der Waals surface area contributed by atoms with Crippen molar-refractivity contribution in [3.8, 4) is 0 Å². The van der Waals surface area contributed by atoms with Gasteiger partial charge in [-0.1, -0.05) is 24.9 Å².